The summed E-state index contributed by atoms with van der Waals surface area (Å²) in [6.45, 7) is 15.2. The number of hydrogen-bond acceptors (Lipinski definition) is 3. The molecule has 0 saturated carbocycles. The minimum atomic E-state index is 0.214. The van der Waals surface area contributed by atoms with Crippen LogP contribution in [0, 0.1) is 0 Å². The highest BCUT2D eigenvalue weighted by Gasteiger charge is 2.24. The van der Waals surface area contributed by atoms with Crippen molar-refractivity contribution < 1.29 is 4.74 Å². The summed E-state index contributed by atoms with van der Waals surface area (Å²) in [5.41, 5.74) is 0.214. The molecule has 1 N–H and O–H groups in total. The second-order valence-corrected chi connectivity index (χ2v) is 5.87. The van der Waals surface area contributed by atoms with Crippen molar-refractivity contribution >= 4 is 0 Å². The van der Waals surface area contributed by atoms with E-state index in [2.05, 4.69) is 44.8 Å². The number of nitrogens with zero attached hydrogens (tertiary/aromatic N) is 1. The molecule has 2 atom stereocenters. The van der Waals surface area contributed by atoms with Crippen molar-refractivity contribution in [3.8, 4) is 0 Å². The molecule has 1 rings (SSSR count). The Morgan fingerprint density at radius 1 is 1.44 bits per heavy atom. The van der Waals surface area contributed by atoms with Crippen molar-refractivity contribution in [1.82, 2.24) is 10.2 Å². The zero-order valence-corrected chi connectivity index (χ0v) is 11.5. The molecular formula is C13H28N2O. The molecule has 1 saturated heterocycles. The highest BCUT2D eigenvalue weighted by molar-refractivity contribution is 4.81. The van der Waals surface area contributed by atoms with E-state index in [0.29, 0.717) is 12.1 Å². The van der Waals surface area contributed by atoms with Crippen LogP contribution in [0.1, 0.15) is 41.0 Å². The lowest BCUT2D eigenvalue weighted by Gasteiger charge is -2.38. The SMILES string of the molecule is CCC(CNC(C)(C)C)N1CCOC(C)C1. The van der Waals surface area contributed by atoms with Crippen molar-refractivity contribution in [3.05, 3.63) is 0 Å². The van der Waals surface area contributed by atoms with Gasteiger partial charge in [0, 0.05) is 31.2 Å². The van der Waals surface area contributed by atoms with Gasteiger partial charge in [-0.15, -0.1) is 0 Å². The van der Waals surface area contributed by atoms with E-state index in [-0.39, 0.29) is 5.54 Å². The van der Waals surface area contributed by atoms with Gasteiger partial charge >= 0.3 is 0 Å². The molecule has 0 aromatic carbocycles. The number of hydrogen-bond donors (Lipinski definition) is 1. The Labute approximate surface area is 101 Å². The lowest BCUT2D eigenvalue weighted by Crippen LogP contribution is -2.52. The van der Waals surface area contributed by atoms with Crippen LogP contribution < -0.4 is 5.32 Å². The van der Waals surface area contributed by atoms with Crippen molar-refractivity contribution in [2.24, 2.45) is 0 Å². The lowest BCUT2D eigenvalue weighted by molar-refractivity contribution is -0.0349. The van der Waals surface area contributed by atoms with Crippen LogP contribution in [0.15, 0.2) is 0 Å². The first-order valence-corrected chi connectivity index (χ1v) is 6.53. The Morgan fingerprint density at radius 2 is 2.12 bits per heavy atom. The van der Waals surface area contributed by atoms with Gasteiger partial charge in [0.1, 0.15) is 0 Å². The first-order valence-electron chi connectivity index (χ1n) is 6.53. The van der Waals surface area contributed by atoms with E-state index < -0.39 is 0 Å². The molecule has 16 heavy (non-hydrogen) atoms. The van der Waals surface area contributed by atoms with Crippen LogP contribution >= 0.6 is 0 Å². The Kier molecular flexibility index (Phi) is 5.22. The smallest absolute Gasteiger partial charge is 0.0674 e. The molecule has 0 aromatic rings. The van der Waals surface area contributed by atoms with Gasteiger partial charge in [0.2, 0.25) is 0 Å². The van der Waals surface area contributed by atoms with Gasteiger partial charge in [-0.3, -0.25) is 4.90 Å². The maximum Gasteiger partial charge on any atom is 0.0674 e. The molecule has 1 aliphatic rings. The van der Waals surface area contributed by atoms with E-state index in [0.717, 1.165) is 26.2 Å². The summed E-state index contributed by atoms with van der Waals surface area (Å²) in [5, 5.41) is 3.60. The summed E-state index contributed by atoms with van der Waals surface area (Å²) in [6, 6.07) is 0.644. The highest BCUT2D eigenvalue weighted by atomic mass is 16.5. The second-order valence-electron chi connectivity index (χ2n) is 5.87. The molecule has 1 fully saturated rings. The van der Waals surface area contributed by atoms with E-state index in [9.17, 15) is 0 Å². The maximum atomic E-state index is 5.59. The third kappa shape index (κ3) is 4.81. The summed E-state index contributed by atoms with van der Waals surface area (Å²) in [5.74, 6) is 0. The lowest BCUT2D eigenvalue weighted by atomic mass is 10.1. The molecule has 0 amide bonds. The van der Waals surface area contributed by atoms with E-state index in [4.69, 9.17) is 4.74 Å². The summed E-state index contributed by atoms with van der Waals surface area (Å²) >= 11 is 0. The third-order valence-electron chi connectivity index (χ3n) is 3.13. The molecule has 0 spiro atoms. The van der Waals surface area contributed by atoms with E-state index in [1.54, 1.807) is 0 Å². The molecular weight excluding hydrogens is 200 g/mol. The van der Waals surface area contributed by atoms with Gasteiger partial charge in [-0.2, -0.15) is 0 Å². The quantitative estimate of drug-likeness (QED) is 0.795. The molecule has 3 heteroatoms. The summed E-state index contributed by atoms with van der Waals surface area (Å²) in [4.78, 5) is 2.56. The molecule has 96 valence electrons. The van der Waals surface area contributed by atoms with Crippen LogP contribution in [0.2, 0.25) is 0 Å². The number of nitrogens with one attached hydrogen (secondary N) is 1. The van der Waals surface area contributed by atoms with Crippen molar-refractivity contribution in [3.63, 3.8) is 0 Å². The average Bonchev–Trinajstić information content (AvgIpc) is 2.17. The van der Waals surface area contributed by atoms with Gasteiger partial charge in [-0.1, -0.05) is 6.92 Å². The summed E-state index contributed by atoms with van der Waals surface area (Å²) in [6.07, 6.45) is 1.59. The zero-order chi connectivity index (χ0) is 12.2. The van der Waals surface area contributed by atoms with Crippen LogP contribution in [0.25, 0.3) is 0 Å². The Morgan fingerprint density at radius 3 is 2.62 bits per heavy atom. The molecule has 0 bridgehead atoms. The Hall–Kier alpha value is -0.120. The molecule has 2 unspecified atom stereocenters. The van der Waals surface area contributed by atoms with Crippen LogP contribution in [0.3, 0.4) is 0 Å². The Balaban J connectivity index is 2.40. The maximum absolute atomic E-state index is 5.59. The zero-order valence-electron chi connectivity index (χ0n) is 11.5. The largest absolute Gasteiger partial charge is 0.376 e. The van der Waals surface area contributed by atoms with Crippen LogP contribution in [-0.4, -0.2) is 48.8 Å². The van der Waals surface area contributed by atoms with Crippen molar-refractivity contribution in [2.75, 3.05) is 26.2 Å². The topological polar surface area (TPSA) is 24.5 Å². The minimum Gasteiger partial charge on any atom is -0.376 e. The van der Waals surface area contributed by atoms with Gasteiger partial charge < -0.3 is 10.1 Å². The fourth-order valence-electron chi connectivity index (χ4n) is 2.13. The highest BCUT2D eigenvalue weighted by Crippen LogP contribution is 2.11. The normalized spacial score (nSPS) is 25.7. The van der Waals surface area contributed by atoms with Gasteiger partial charge in [0.25, 0.3) is 0 Å². The van der Waals surface area contributed by atoms with Gasteiger partial charge in [0.15, 0.2) is 0 Å². The van der Waals surface area contributed by atoms with Crippen LogP contribution in [0.5, 0.6) is 0 Å². The number of rotatable bonds is 4. The molecule has 1 heterocycles. The minimum absolute atomic E-state index is 0.214. The molecule has 0 aromatic heterocycles. The second kappa shape index (κ2) is 5.99. The molecule has 0 aliphatic carbocycles. The van der Waals surface area contributed by atoms with Crippen molar-refractivity contribution in [2.45, 2.75) is 58.7 Å². The molecule has 1 aliphatic heterocycles. The molecule has 0 radical (unpaired) electrons. The number of ether oxygens (including phenoxy) is 1. The van der Waals surface area contributed by atoms with Crippen molar-refractivity contribution in [1.29, 1.82) is 0 Å². The fourth-order valence-corrected chi connectivity index (χ4v) is 2.13. The standard InChI is InChI=1S/C13H28N2O/c1-6-12(9-14-13(3,4)5)15-7-8-16-11(2)10-15/h11-12,14H,6-10H2,1-5H3. The van der Waals surface area contributed by atoms with Crippen LogP contribution in [-0.2, 0) is 4.74 Å². The summed E-state index contributed by atoms with van der Waals surface area (Å²) < 4.78 is 5.59. The third-order valence-corrected chi connectivity index (χ3v) is 3.13. The predicted molar refractivity (Wildman–Crippen MR) is 68.8 cm³/mol. The van der Waals surface area contributed by atoms with E-state index in [1.165, 1.54) is 6.42 Å². The average molecular weight is 228 g/mol. The summed E-state index contributed by atoms with van der Waals surface area (Å²) in [7, 11) is 0. The van der Waals surface area contributed by atoms with Crippen LogP contribution in [0.4, 0.5) is 0 Å². The van der Waals surface area contributed by atoms with Gasteiger partial charge in [-0.25, -0.2) is 0 Å². The first kappa shape index (κ1) is 13.9. The number of morpholine rings is 1. The van der Waals surface area contributed by atoms with Gasteiger partial charge in [0.05, 0.1) is 12.7 Å². The molecule has 3 nitrogen and oxygen atoms in total. The van der Waals surface area contributed by atoms with E-state index in [1.807, 2.05) is 0 Å². The Bertz CT molecular complexity index is 201. The van der Waals surface area contributed by atoms with E-state index >= 15 is 0 Å². The predicted octanol–water partition coefficient (Wildman–Crippen LogP) is 1.87. The first-order chi connectivity index (χ1) is 7.42. The van der Waals surface area contributed by atoms with Gasteiger partial charge in [-0.05, 0) is 34.1 Å². The fraction of sp³-hybridized carbons (Fsp3) is 1.00. The monoisotopic (exact) mass is 228 g/mol.